The van der Waals surface area contributed by atoms with Crippen LogP contribution in [-0.2, 0) is 4.79 Å². The maximum Gasteiger partial charge on any atom is 0.308 e. The van der Waals surface area contributed by atoms with E-state index in [1.807, 2.05) is 0 Å². The van der Waals surface area contributed by atoms with E-state index in [1.54, 1.807) is 6.07 Å². The maximum absolute atomic E-state index is 15.7. The average molecular weight is 482 g/mol. The number of aliphatic carboxylic acids is 1. The number of aromatic amines is 1. The van der Waals surface area contributed by atoms with Crippen molar-refractivity contribution in [3.63, 3.8) is 0 Å². The highest BCUT2D eigenvalue weighted by Crippen LogP contribution is 2.46. The second-order valence-corrected chi connectivity index (χ2v) is 9.26. The van der Waals surface area contributed by atoms with Crippen molar-refractivity contribution in [3.05, 3.63) is 54.2 Å². The van der Waals surface area contributed by atoms with Gasteiger partial charge in [0.2, 0.25) is 0 Å². The Hall–Kier alpha value is -3.82. The molecule has 180 valence electrons. The van der Waals surface area contributed by atoms with E-state index in [9.17, 15) is 18.7 Å². The predicted octanol–water partition coefficient (Wildman–Crippen LogP) is 5.60. The number of rotatable bonds is 5. The number of carboxylic acids is 1. The summed E-state index contributed by atoms with van der Waals surface area (Å²) >= 11 is 0. The highest BCUT2D eigenvalue weighted by atomic mass is 19.1. The van der Waals surface area contributed by atoms with E-state index in [4.69, 9.17) is 4.42 Å². The number of anilines is 1. The largest absolute Gasteiger partial charge is 0.481 e. The number of nitrogens with zero attached hydrogens (tertiary/aromatic N) is 2. The van der Waals surface area contributed by atoms with Crippen LogP contribution in [0.4, 0.5) is 19.0 Å². The first kappa shape index (κ1) is 21.7. The number of carbonyl (C=O) groups is 1. The minimum Gasteiger partial charge on any atom is -0.481 e. The van der Waals surface area contributed by atoms with Crippen LogP contribution in [0, 0.1) is 35.2 Å². The first-order valence-electron chi connectivity index (χ1n) is 11.5. The van der Waals surface area contributed by atoms with Gasteiger partial charge < -0.3 is 19.8 Å². The molecule has 3 N–H and O–H groups in total. The molecule has 7 nitrogen and oxygen atoms in total. The van der Waals surface area contributed by atoms with Gasteiger partial charge in [-0.05, 0) is 55.7 Å². The summed E-state index contributed by atoms with van der Waals surface area (Å²) in [6.07, 6.45) is 6.19. The van der Waals surface area contributed by atoms with Crippen LogP contribution in [0.1, 0.15) is 25.7 Å². The molecule has 7 rings (SSSR count). The Labute approximate surface area is 197 Å². The predicted molar refractivity (Wildman–Crippen MR) is 121 cm³/mol. The van der Waals surface area contributed by atoms with Gasteiger partial charge in [-0.3, -0.25) is 4.79 Å². The average Bonchev–Trinajstić information content (AvgIpc) is 3.51. The molecule has 10 heteroatoms. The lowest BCUT2D eigenvalue weighted by Gasteiger charge is -2.47. The summed E-state index contributed by atoms with van der Waals surface area (Å²) in [4.78, 5) is 23.5. The number of hydrogen-bond acceptors (Lipinski definition) is 5. The van der Waals surface area contributed by atoms with Gasteiger partial charge in [-0.15, -0.1) is 0 Å². The SMILES string of the molecule is O=C(O)[C@H]1C2CCC(CC2)[C@@H]1Nc1nc(-c2c[nH]c3c(F)cc(F)cc23)nc(-c2ccco2)c1F. The molecule has 3 heterocycles. The summed E-state index contributed by atoms with van der Waals surface area (Å²) in [5, 5.41) is 13.2. The van der Waals surface area contributed by atoms with Crippen LogP contribution >= 0.6 is 0 Å². The number of fused-ring (bicyclic) bond motifs is 4. The van der Waals surface area contributed by atoms with Gasteiger partial charge in [-0.25, -0.2) is 23.1 Å². The summed E-state index contributed by atoms with van der Waals surface area (Å²) in [6.45, 7) is 0. The van der Waals surface area contributed by atoms with Gasteiger partial charge in [0.1, 0.15) is 17.3 Å². The molecule has 0 aliphatic heterocycles. The molecular formula is C25H21F3N4O3. The van der Waals surface area contributed by atoms with Crippen molar-refractivity contribution < 1.29 is 27.5 Å². The second-order valence-electron chi connectivity index (χ2n) is 9.26. The van der Waals surface area contributed by atoms with Gasteiger partial charge in [0.15, 0.2) is 23.2 Å². The Kier molecular flexibility index (Phi) is 5.05. The van der Waals surface area contributed by atoms with Crippen LogP contribution in [0.5, 0.6) is 0 Å². The quantitative estimate of drug-likeness (QED) is 0.342. The van der Waals surface area contributed by atoms with Gasteiger partial charge in [0.05, 0.1) is 17.7 Å². The van der Waals surface area contributed by atoms with E-state index < -0.39 is 35.4 Å². The van der Waals surface area contributed by atoms with E-state index in [-0.39, 0.29) is 51.4 Å². The molecule has 3 aliphatic rings. The first-order valence-corrected chi connectivity index (χ1v) is 11.5. The molecule has 3 aromatic heterocycles. The molecule has 1 aromatic carbocycles. The minimum absolute atomic E-state index is 0.0171. The minimum atomic E-state index is -0.916. The summed E-state index contributed by atoms with van der Waals surface area (Å²) in [5.74, 6) is -3.83. The third kappa shape index (κ3) is 3.55. The van der Waals surface area contributed by atoms with Crippen LogP contribution in [0.3, 0.4) is 0 Å². The van der Waals surface area contributed by atoms with E-state index >= 15 is 4.39 Å². The van der Waals surface area contributed by atoms with Gasteiger partial charge in [0.25, 0.3) is 0 Å². The first-order chi connectivity index (χ1) is 16.9. The van der Waals surface area contributed by atoms with Gasteiger partial charge in [0, 0.05) is 29.3 Å². The van der Waals surface area contributed by atoms with Crippen LogP contribution in [-0.4, -0.2) is 32.1 Å². The van der Waals surface area contributed by atoms with Crippen molar-refractivity contribution in [1.82, 2.24) is 15.0 Å². The molecule has 2 atom stereocenters. The fourth-order valence-electron chi connectivity index (χ4n) is 5.75. The van der Waals surface area contributed by atoms with Gasteiger partial charge in [-0.2, -0.15) is 0 Å². The number of halogens is 3. The van der Waals surface area contributed by atoms with E-state index in [2.05, 4.69) is 20.3 Å². The standard InChI is InChI=1S/C25H21F3N4O3/c26-13-8-14-15(10-29-21(14)16(27)9-13)23-31-22(17-2-1-7-35-17)19(28)24(32-23)30-20-12-5-3-11(4-6-12)18(20)25(33)34/h1-2,7-12,18,20,29H,3-6H2,(H,33,34)(H,30,31,32)/t11?,12?,18-,20-/m0/s1. The van der Waals surface area contributed by atoms with E-state index in [0.717, 1.165) is 37.8 Å². The van der Waals surface area contributed by atoms with Crippen LogP contribution < -0.4 is 5.32 Å². The molecular weight excluding hydrogens is 461 g/mol. The third-order valence-electron chi connectivity index (χ3n) is 7.36. The number of carboxylic acid groups (broad SMARTS) is 1. The van der Waals surface area contributed by atoms with Crippen molar-refractivity contribution in [2.24, 2.45) is 17.8 Å². The topological polar surface area (TPSA) is 104 Å². The third-order valence-corrected chi connectivity index (χ3v) is 7.36. The molecule has 3 aliphatic carbocycles. The smallest absolute Gasteiger partial charge is 0.308 e. The number of aromatic nitrogens is 3. The van der Waals surface area contributed by atoms with Crippen LogP contribution in [0.25, 0.3) is 33.7 Å². The van der Waals surface area contributed by atoms with Crippen molar-refractivity contribution in [2.45, 2.75) is 31.7 Å². The molecule has 4 aromatic rings. The zero-order valence-electron chi connectivity index (χ0n) is 18.4. The molecule has 3 fully saturated rings. The number of benzene rings is 1. The lowest BCUT2D eigenvalue weighted by atomic mass is 9.61. The van der Waals surface area contributed by atoms with Crippen molar-refractivity contribution >= 4 is 22.7 Å². The Morgan fingerprint density at radius 3 is 2.60 bits per heavy atom. The normalized spacial score (nSPS) is 23.6. The Morgan fingerprint density at radius 2 is 1.89 bits per heavy atom. The summed E-state index contributed by atoms with van der Waals surface area (Å²) in [6, 6.07) is 4.53. The summed E-state index contributed by atoms with van der Waals surface area (Å²) in [7, 11) is 0. The zero-order valence-corrected chi connectivity index (χ0v) is 18.4. The van der Waals surface area contributed by atoms with Crippen molar-refractivity contribution in [1.29, 1.82) is 0 Å². The zero-order chi connectivity index (χ0) is 24.3. The molecule has 0 radical (unpaired) electrons. The van der Waals surface area contributed by atoms with Crippen LogP contribution in [0.2, 0.25) is 0 Å². The van der Waals surface area contributed by atoms with Crippen molar-refractivity contribution in [2.75, 3.05) is 5.32 Å². The molecule has 2 bridgehead atoms. The Bertz CT molecular complexity index is 1430. The lowest BCUT2D eigenvalue weighted by Crippen LogP contribution is -2.51. The fourth-order valence-corrected chi connectivity index (χ4v) is 5.75. The molecule has 0 saturated heterocycles. The van der Waals surface area contributed by atoms with Crippen LogP contribution in [0.15, 0.2) is 41.1 Å². The molecule has 3 saturated carbocycles. The highest BCUT2D eigenvalue weighted by molar-refractivity contribution is 5.94. The highest BCUT2D eigenvalue weighted by Gasteiger charge is 2.47. The van der Waals surface area contributed by atoms with E-state index in [1.165, 1.54) is 18.5 Å². The van der Waals surface area contributed by atoms with Gasteiger partial charge in [-0.1, -0.05) is 0 Å². The number of nitrogens with one attached hydrogen (secondary N) is 2. The summed E-state index contributed by atoms with van der Waals surface area (Å²) < 4.78 is 49.3. The Balaban J connectivity index is 1.50. The number of furan rings is 1. The summed E-state index contributed by atoms with van der Waals surface area (Å²) in [5.41, 5.74) is 0.203. The number of hydrogen-bond donors (Lipinski definition) is 3. The second kappa shape index (κ2) is 8.14. The lowest BCUT2D eigenvalue weighted by molar-refractivity contribution is -0.148. The fraction of sp³-hybridized carbons (Fsp3) is 0.320. The Morgan fingerprint density at radius 1 is 1.11 bits per heavy atom. The molecule has 0 spiro atoms. The van der Waals surface area contributed by atoms with Crippen molar-refractivity contribution in [3.8, 4) is 22.8 Å². The monoisotopic (exact) mass is 482 g/mol. The van der Waals surface area contributed by atoms with Gasteiger partial charge >= 0.3 is 5.97 Å². The number of H-pyrrole nitrogens is 1. The maximum atomic E-state index is 15.7. The molecule has 0 unspecified atom stereocenters. The van der Waals surface area contributed by atoms with E-state index in [0.29, 0.717) is 0 Å². The molecule has 35 heavy (non-hydrogen) atoms. The molecule has 0 amide bonds.